The Hall–Kier alpha value is -1.34. The molecule has 132 valence electrons. The summed E-state index contributed by atoms with van der Waals surface area (Å²) in [5.41, 5.74) is -0.420. The molecule has 4 nitrogen and oxygen atoms in total. The fourth-order valence-corrected chi connectivity index (χ4v) is 4.49. The Bertz CT molecular complexity index is 622. The topological polar surface area (TPSA) is 35.7 Å². The van der Waals surface area contributed by atoms with Crippen molar-refractivity contribution in [1.82, 2.24) is 4.90 Å². The highest BCUT2D eigenvalue weighted by molar-refractivity contribution is 8.13. The molecule has 24 heavy (non-hydrogen) atoms. The molecule has 7 heteroatoms. The fourth-order valence-electron chi connectivity index (χ4n) is 3.32. The van der Waals surface area contributed by atoms with Gasteiger partial charge >= 0.3 is 11.8 Å². The first-order valence-corrected chi connectivity index (χ1v) is 9.19. The zero-order valence-corrected chi connectivity index (χ0v) is 14.7. The van der Waals surface area contributed by atoms with Gasteiger partial charge in [-0.05, 0) is 48.4 Å². The highest BCUT2D eigenvalue weighted by atomic mass is 32.2. The van der Waals surface area contributed by atoms with Crippen LogP contribution in [0.1, 0.15) is 25.8 Å². The second-order valence-corrected chi connectivity index (χ2v) is 7.69. The van der Waals surface area contributed by atoms with Crippen LogP contribution in [0.25, 0.3) is 0 Å². The molecule has 0 amide bonds. The number of hydrogen-bond acceptors (Lipinski definition) is 4. The van der Waals surface area contributed by atoms with Gasteiger partial charge < -0.3 is 9.84 Å². The summed E-state index contributed by atoms with van der Waals surface area (Å²) in [6.45, 7) is 3.64. The van der Waals surface area contributed by atoms with E-state index in [1.807, 2.05) is 4.90 Å². The molecule has 1 aromatic carbocycles. The van der Waals surface area contributed by atoms with Crippen LogP contribution in [0.15, 0.2) is 24.3 Å². The number of β-amino-alcohol motifs (C(OH)–C–C–N with tert-alkyl or cyclic N) is 1. The van der Waals surface area contributed by atoms with Gasteiger partial charge in [0.2, 0.25) is 0 Å². The molecular weight excluding hydrogens is 334 g/mol. The summed E-state index contributed by atoms with van der Waals surface area (Å²) in [5, 5.41) is 12.5. The number of aliphatic hydroxyl groups is 1. The van der Waals surface area contributed by atoms with Crippen LogP contribution in [-0.4, -0.2) is 51.7 Å². The number of thioether (sulfide) groups is 1. The van der Waals surface area contributed by atoms with Crippen molar-refractivity contribution in [3.63, 3.8) is 0 Å². The molecule has 0 bridgehead atoms. The van der Waals surface area contributed by atoms with Crippen LogP contribution in [-0.2, 0) is 5.72 Å². The molecule has 1 N–H and O–H groups in total. The third-order valence-electron chi connectivity index (χ3n) is 4.24. The summed E-state index contributed by atoms with van der Waals surface area (Å²) in [5.74, 6) is 1.65. The van der Waals surface area contributed by atoms with Gasteiger partial charge in [0.25, 0.3) is 5.72 Å². The lowest BCUT2D eigenvalue weighted by Crippen LogP contribution is -2.48. The molecule has 1 saturated heterocycles. The maximum atomic E-state index is 12.3. The van der Waals surface area contributed by atoms with E-state index in [4.69, 9.17) is 0 Å². The van der Waals surface area contributed by atoms with Crippen molar-refractivity contribution >= 4 is 16.9 Å². The van der Waals surface area contributed by atoms with Gasteiger partial charge in [-0.25, -0.2) is 9.48 Å². The largest absolute Gasteiger partial charge is 0.435 e. The average molecular weight is 357 g/mol. The quantitative estimate of drug-likeness (QED) is 0.822. The Kier molecular flexibility index (Phi) is 5.01. The van der Waals surface area contributed by atoms with Crippen LogP contribution in [0, 0.1) is 5.92 Å². The smallest absolute Gasteiger partial charge is 0.387 e. The maximum Gasteiger partial charge on any atom is 0.387 e. The Morgan fingerprint density at radius 2 is 2.04 bits per heavy atom. The summed E-state index contributed by atoms with van der Waals surface area (Å²) >= 11 is 1.78. The first kappa shape index (κ1) is 17.5. The molecule has 1 atom stereocenters. The molecule has 1 unspecified atom stereocenters. The van der Waals surface area contributed by atoms with Crippen LogP contribution >= 0.6 is 11.8 Å². The van der Waals surface area contributed by atoms with Gasteiger partial charge in [0, 0.05) is 11.3 Å². The molecule has 1 fully saturated rings. The Morgan fingerprint density at radius 3 is 2.67 bits per heavy atom. The fraction of sp³-hybridized carbons (Fsp3) is 0.588. The molecule has 0 spiro atoms. The zero-order valence-electron chi connectivity index (χ0n) is 13.9. The van der Waals surface area contributed by atoms with E-state index in [0.717, 1.165) is 30.4 Å². The summed E-state index contributed by atoms with van der Waals surface area (Å²) in [7, 11) is 0. The number of ether oxygens (including phenoxy) is 1. The summed E-state index contributed by atoms with van der Waals surface area (Å²) in [6.07, 6.45) is 1.01. The first-order valence-electron chi connectivity index (χ1n) is 8.20. The molecule has 2 heterocycles. The zero-order chi connectivity index (χ0) is 17.3. The number of hydrogen-bond donors (Lipinski definition) is 1. The minimum absolute atomic E-state index is 0.103. The normalized spacial score (nSPS) is 24.0. The third kappa shape index (κ3) is 3.37. The monoisotopic (exact) mass is 357 g/mol. The highest BCUT2D eigenvalue weighted by Gasteiger charge is 2.54. The minimum Gasteiger partial charge on any atom is -0.435 e. The van der Waals surface area contributed by atoms with Crippen LogP contribution in [0.4, 0.5) is 8.78 Å². The standard InChI is InChI=1S/C17H23F2N2O2S/c1-12(2)10-20-11-17(22,21-8-3-9-24-16(20)21)13-4-6-14(7-5-13)23-15(18)19/h4-7,12,15,22H,3,8-11H2,1-2H3/q+1. The molecule has 1 aromatic rings. The van der Waals surface area contributed by atoms with Crippen LogP contribution < -0.4 is 4.74 Å². The van der Waals surface area contributed by atoms with Crippen molar-refractivity contribution in [2.24, 2.45) is 5.92 Å². The van der Waals surface area contributed by atoms with Crippen LogP contribution in [0.3, 0.4) is 0 Å². The summed E-state index contributed by atoms with van der Waals surface area (Å²) in [6, 6.07) is 6.32. The predicted molar refractivity (Wildman–Crippen MR) is 90.6 cm³/mol. The number of amidine groups is 1. The lowest BCUT2D eigenvalue weighted by atomic mass is 10.0. The lowest BCUT2D eigenvalue weighted by Gasteiger charge is -2.30. The molecule has 0 saturated carbocycles. The summed E-state index contributed by atoms with van der Waals surface area (Å²) < 4.78 is 31.2. The van der Waals surface area contributed by atoms with E-state index in [1.165, 1.54) is 12.1 Å². The van der Waals surface area contributed by atoms with Gasteiger partial charge in [-0.3, -0.25) is 0 Å². The summed E-state index contributed by atoms with van der Waals surface area (Å²) in [4.78, 5) is 2.05. The third-order valence-corrected chi connectivity index (χ3v) is 5.47. The predicted octanol–water partition coefficient (Wildman–Crippen LogP) is 2.91. The molecule has 0 aliphatic carbocycles. The first-order chi connectivity index (χ1) is 11.4. The van der Waals surface area contributed by atoms with Gasteiger partial charge in [0.05, 0.1) is 13.1 Å². The molecule has 3 rings (SSSR count). The van der Waals surface area contributed by atoms with Crippen LogP contribution in [0.2, 0.25) is 0 Å². The lowest BCUT2D eigenvalue weighted by molar-refractivity contribution is -0.537. The second-order valence-electron chi connectivity index (χ2n) is 6.63. The van der Waals surface area contributed by atoms with Crippen molar-refractivity contribution in [2.45, 2.75) is 32.6 Å². The van der Waals surface area contributed by atoms with E-state index >= 15 is 0 Å². The van der Waals surface area contributed by atoms with Crippen LogP contribution in [0.5, 0.6) is 5.75 Å². The van der Waals surface area contributed by atoms with Crippen molar-refractivity contribution in [2.75, 3.05) is 25.4 Å². The van der Waals surface area contributed by atoms with E-state index in [-0.39, 0.29) is 5.75 Å². The number of halogens is 2. The molecular formula is C17H23F2N2O2S+. The Balaban J connectivity index is 1.87. The van der Waals surface area contributed by atoms with E-state index in [9.17, 15) is 13.9 Å². The molecule has 2 aliphatic rings. The average Bonchev–Trinajstić information content (AvgIpc) is 2.81. The Morgan fingerprint density at radius 1 is 1.33 bits per heavy atom. The van der Waals surface area contributed by atoms with E-state index < -0.39 is 12.3 Å². The Labute approximate surface area is 145 Å². The van der Waals surface area contributed by atoms with Crippen molar-refractivity contribution in [1.29, 1.82) is 0 Å². The highest BCUT2D eigenvalue weighted by Crippen LogP contribution is 2.37. The van der Waals surface area contributed by atoms with E-state index in [1.54, 1.807) is 23.9 Å². The number of alkyl halides is 2. The second kappa shape index (κ2) is 6.88. The SMILES string of the molecule is CC(C)C[N+]1=C2SCCCN2C(O)(c2ccc(OC(F)F)cc2)C1. The van der Waals surface area contributed by atoms with Gasteiger partial charge in [0.1, 0.15) is 5.75 Å². The van der Waals surface area contributed by atoms with E-state index in [0.29, 0.717) is 18.0 Å². The number of benzene rings is 1. The molecule has 0 aromatic heterocycles. The minimum atomic E-state index is -2.84. The van der Waals surface area contributed by atoms with Crippen molar-refractivity contribution in [3.05, 3.63) is 29.8 Å². The van der Waals surface area contributed by atoms with Gasteiger partial charge in [-0.2, -0.15) is 8.78 Å². The van der Waals surface area contributed by atoms with Gasteiger partial charge in [-0.15, -0.1) is 0 Å². The number of fused-ring (bicyclic) bond motifs is 1. The molecule has 0 radical (unpaired) electrons. The van der Waals surface area contributed by atoms with E-state index in [2.05, 4.69) is 23.2 Å². The van der Waals surface area contributed by atoms with Crippen molar-refractivity contribution in [3.8, 4) is 5.75 Å². The van der Waals surface area contributed by atoms with Gasteiger partial charge in [-0.1, -0.05) is 13.8 Å². The van der Waals surface area contributed by atoms with Crippen molar-refractivity contribution < 1.29 is 23.2 Å². The molecule has 2 aliphatic heterocycles. The number of rotatable bonds is 5. The van der Waals surface area contributed by atoms with Gasteiger partial charge in [0.15, 0.2) is 6.54 Å². The maximum absolute atomic E-state index is 12.3. The number of nitrogens with zero attached hydrogens (tertiary/aromatic N) is 2.